The summed E-state index contributed by atoms with van der Waals surface area (Å²) in [7, 11) is 0. The van der Waals surface area contributed by atoms with Crippen LogP contribution in [-0.4, -0.2) is 25.2 Å². The highest BCUT2D eigenvalue weighted by atomic mass is 19.4. The van der Waals surface area contributed by atoms with Crippen LogP contribution in [0.3, 0.4) is 0 Å². The van der Waals surface area contributed by atoms with E-state index in [1.54, 1.807) is 4.68 Å². The van der Waals surface area contributed by atoms with Gasteiger partial charge in [0.1, 0.15) is 18.3 Å². The van der Waals surface area contributed by atoms with Crippen LogP contribution in [0.4, 0.5) is 18.9 Å². The zero-order chi connectivity index (χ0) is 23.0. The molecule has 164 valence electrons. The molecule has 2 aromatic heterocycles. The van der Waals surface area contributed by atoms with E-state index in [2.05, 4.69) is 15.4 Å². The molecule has 0 bridgehead atoms. The molecule has 0 fully saturated rings. The predicted octanol–water partition coefficient (Wildman–Crippen LogP) is 3.86. The minimum Gasteiger partial charge on any atom is -0.325 e. The molecule has 0 aliphatic carbocycles. The van der Waals surface area contributed by atoms with Crippen LogP contribution < -0.4 is 10.9 Å². The van der Waals surface area contributed by atoms with Crippen molar-refractivity contribution in [1.29, 1.82) is 0 Å². The number of nitrogens with one attached hydrogen (secondary N) is 1. The Labute approximate surface area is 180 Å². The Balaban J connectivity index is 1.59. The number of benzene rings is 2. The molecule has 0 saturated carbocycles. The van der Waals surface area contributed by atoms with Gasteiger partial charge in [0.15, 0.2) is 5.65 Å². The van der Waals surface area contributed by atoms with Gasteiger partial charge in [-0.1, -0.05) is 23.8 Å². The number of aryl methyl sites for hydroxylation is 2. The van der Waals surface area contributed by atoms with E-state index in [9.17, 15) is 22.8 Å². The largest absolute Gasteiger partial charge is 0.416 e. The third-order valence-electron chi connectivity index (χ3n) is 4.92. The molecule has 0 saturated heterocycles. The van der Waals surface area contributed by atoms with E-state index in [0.717, 1.165) is 33.5 Å². The molecule has 0 unspecified atom stereocenters. The van der Waals surface area contributed by atoms with Crippen LogP contribution in [0.1, 0.15) is 16.7 Å². The summed E-state index contributed by atoms with van der Waals surface area (Å²) in [6.07, 6.45) is -1.92. The van der Waals surface area contributed by atoms with Gasteiger partial charge >= 0.3 is 6.18 Å². The van der Waals surface area contributed by atoms with Crippen molar-refractivity contribution >= 4 is 22.6 Å². The maximum atomic E-state index is 12.8. The molecule has 2 aromatic carbocycles. The Bertz CT molecular complexity index is 1390. The van der Waals surface area contributed by atoms with Crippen molar-refractivity contribution in [2.24, 2.45) is 0 Å². The molecule has 32 heavy (non-hydrogen) atoms. The normalized spacial score (nSPS) is 11.7. The first-order valence-corrected chi connectivity index (χ1v) is 9.61. The molecule has 4 rings (SSSR count). The van der Waals surface area contributed by atoms with Crippen molar-refractivity contribution in [1.82, 2.24) is 19.3 Å². The molecule has 0 atom stereocenters. The number of rotatable bonds is 4. The van der Waals surface area contributed by atoms with Gasteiger partial charge in [-0.3, -0.25) is 14.2 Å². The smallest absolute Gasteiger partial charge is 0.325 e. The second-order valence-corrected chi connectivity index (χ2v) is 7.39. The lowest BCUT2D eigenvalue weighted by molar-refractivity contribution is -0.137. The molecular weight excluding hydrogens is 423 g/mol. The SMILES string of the molecule is Cc1ccc(-n2ncc3c(=O)n(CC(=O)Nc4cccc(C(F)(F)F)c4)cnc32)c(C)c1. The number of anilines is 1. The summed E-state index contributed by atoms with van der Waals surface area (Å²) < 4.78 is 41.2. The first-order chi connectivity index (χ1) is 15.1. The topological polar surface area (TPSA) is 81.8 Å². The Hall–Kier alpha value is -3.95. The maximum absolute atomic E-state index is 12.8. The highest BCUT2D eigenvalue weighted by Crippen LogP contribution is 2.30. The molecule has 10 heteroatoms. The summed E-state index contributed by atoms with van der Waals surface area (Å²) in [5, 5.41) is 6.87. The third kappa shape index (κ3) is 4.11. The van der Waals surface area contributed by atoms with Crippen LogP contribution in [0.2, 0.25) is 0 Å². The van der Waals surface area contributed by atoms with Crippen molar-refractivity contribution in [3.63, 3.8) is 0 Å². The number of hydrogen-bond donors (Lipinski definition) is 1. The first-order valence-electron chi connectivity index (χ1n) is 9.61. The van der Waals surface area contributed by atoms with Gasteiger partial charge in [0.05, 0.1) is 17.4 Å². The Morgan fingerprint density at radius 2 is 1.91 bits per heavy atom. The number of hydrogen-bond acceptors (Lipinski definition) is 4. The van der Waals surface area contributed by atoms with Crippen LogP contribution in [0.25, 0.3) is 16.7 Å². The van der Waals surface area contributed by atoms with E-state index >= 15 is 0 Å². The first kappa shape index (κ1) is 21.3. The number of halogens is 3. The Morgan fingerprint density at radius 1 is 1.12 bits per heavy atom. The summed E-state index contributed by atoms with van der Waals surface area (Å²) in [4.78, 5) is 29.4. The van der Waals surface area contributed by atoms with Crippen LogP contribution in [-0.2, 0) is 17.5 Å². The number of fused-ring (bicyclic) bond motifs is 1. The van der Waals surface area contributed by atoms with Crippen LogP contribution >= 0.6 is 0 Å². The fourth-order valence-corrected chi connectivity index (χ4v) is 3.41. The summed E-state index contributed by atoms with van der Waals surface area (Å²) in [6, 6.07) is 10.1. The molecule has 7 nitrogen and oxygen atoms in total. The van der Waals surface area contributed by atoms with Gasteiger partial charge < -0.3 is 5.32 Å². The van der Waals surface area contributed by atoms with Crippen molar-refractivity contribution in [3.8, 4) is 5.69 Å². The average Bonchev–Trinajstić information content (AvgIpc) is 3.14. The molecule has 4 aromatic rings. The Kier molecular flexibility index (Phi) is 5.29. The average molecular weight is 441 g/mol. The monoisotopic (exact) mass is 441 g/mol. The lowest BCUT2D eigenvalue weighted by Crippen LogP contribution is -2.28. The highest BCUT2D eigenvalue weighted by molar-refractivity contribution is 5.90. The van der Waals surface area contributed by atoms with Crippen LogP contribution in [0.5, 0.6) is 0 Å². The molecule has 0 aliphatic rings. The number of carbonyl (C=O) groups excluding carboxylic acids is 1. The summed E-state index contributed by atoms with van der Waals surface area (Å²) in [5.74, 6) is -0.658. The van der Waals surface area contributed by atoms with E-state index in [1.807, 2.05) is 32.0 Å². The number of carbonyl (C=O) groups is 1. The fourth-order valence-electron chi connectivity index (χ4n) is 3.41. The zero-order valence-corrected chi connectivity index (χ0v) is 17.1. The molecule has 0 aliphatic heterocycles. The van der Waals surface area contributed by atoms with E-state index in [1.165, 1.54) is 24.7 Å². The van der Waals surface area contributed by atoms with Gasteiger partial charge in [0.2, 0.25) is 5.91 Å². The van der Waals surface area contributed by atoms with Crippen molar-refractivity contribution in [3.05, 3.63) is 82.0 Å². The van der Waals surface area contributed by atoms with E-state index in [0.29, 0.717) is 5.65 Å². The molecule has 1 N–H and O–H groups in total. The van der Waals surface area contributed by atoms with Gasteiger partial charge in [-0.25, -0.2) is 9.67 Å². The number of nitrogens with zero attached hydrogens (tertiary/aromatic N) is 4. The molecule has 0 radical (unpaired) electrons. The summed E-state index contributed by atoms with van der Waals surface area (Å²) in [5.41, 5.74) is 1.79. The molecule has 1 amide bonds. The van der Waals surface area contributed by atoms with Crippen LogP contribution in [0, 0.1) is 13.8 Å². The lowest BCUT2D eigenvalue weighted by atomic mass is 10.1. The van der Waals surface area contributed by atoms with Gasteiger partial charge in [-0.05, 0) is 43.7 Å². The van der Waals surface area contributed by atoms with Crippen molar-refractivity contribution in [2.75, 3.05) is 5.32 Å². The van der Waals surface area contributed by atoms with E-state index in [-0.39, 0.29) is 11.1 Å². The molecule has 0 spiro atoms. The second kappa shape index (κ2) is 7.95. The van der Waals surface area contributed by atoms with Gasteiger partial charge in [0.25, 0.3) is 5.56 Å². The zero-order valence-electron chi connectivity index (χ0n) is 17.1. The summed E-state index contributed by atoms with van der Waals surface area (Å²) in [6.45, 7) is 3.49. The maximum Gasteiger partial charge on any atom is 0.416 e. The minimum absolute atomic E-state index is 0.0189. The minimum atomic E-state index is -4.53. The standard InChI is InChI=1S/C22H18F3N5O2/c1-13-6-7-18(14(2)8-13)30-20-17(10-27-30)21(32)29(12-26-20)11-19(31)28-16-5-3-4-15(9-16)22(23,24)25/h3-10,12H,11H2,1-2H3,(H,28,31). The van der Waals surface area contributed by atoms with Crippen LogP contribution in [0.15, 0.2) is 59.8 Å². The van der Waals surface area contributed by atoms with Gasteiger partial charge in [-0.15, -0.1) is 0 Å². The number of amides is 1. The quantitative estimate of drug-likeness (QED) is 0.522. The highest BCUT2D eigenvalue weighted by Gasteiger charge is 2.30. The van der Waals surface area contributed by atoms with Gasteiger partial charge in [0, 0.05) is 5.69 Å². The fraction of sp³-hybridized carbons (Fsp3) is 0.182. The second-order valence-electron chi connectivity index (χ2n) is 7.39. The number of aromatic nitrogens is 4. The molecule has 2 heterocycles. The molecular formula is C22H18F3N5O2. The number of alkyl halides is 3. The van der Waals surface area contributed by atoms with E-state index in [4.69, 9.17) is 0 Å². The Morgan fingerprint density at radius 3 is 2.62 bits per heavy atom. The van der Waals surface area contributed by atoms with E-state index < -0.39 is 29.8 Å². The predicted molar refractivity (Wildman–Crippen MR) is 113 cm³/mol. The van der Waals surface area contributed by atoms with Crippen molar-refractivity contribution < 1.29 is 18.0 Å². The van der Waals surface area contributed by atoms with Gasteiger partial charge in [-0.2, -0.15) is 18.3 Å². The summed E-state index contributed by atoms with van der Waals surface area (Å²) >= 11 is 0. The third-order valence-corrected chi connectivity index (χ3v) is 4.92. The lowest BCUT2D eigenvalue weighted by Gasteiger charge is -2.11. The van der Waals surface area contributed by atoms with Crippen molar-refractivity contribution in [2.45, 2.75) is 26.6 Å².